The number of carbonyl (C=O) groups excluding carboxylic acids is 2. The molecule has 0 saturated heterocycles. The third-order valence-corrected chi connectivity index (χ3v) is 2.15. The number of rotatable bonds is 4. The highest BCUT2D eigenvalue weighted by molar-refractivity contribution is 5.87. The number of nitrogens with one attached hydrogen (secondary N) is 1. The molecule has 104 valence electrons. The van der Waals surface area contributed by atoms with Crippen molar-refractivity contribution >= 4 is 11.8 Å². The molecule has 0 spiro atoms. The number of alkyl halides is 3. The van der Waals surface area contributed by atoms with Gasteiger partial charge in [-0.2, -0.15) is 13.2 Å². The molecule has 0 aliphatic rings. The van der Waals surface area contributed by atoms with Gasteiger partial charge in [-0.25, -0.2) is 4.39 Å². The largest absolute Gasteiger partial charge is 0.397 e. The van der Waals surface area contributed by atoms with Crippen LogP contribution in [0.15, 0.2) is 24.3 Å². The summed E-state index contributed by atoms with van der Waals surface area (Å²) in [6, 6.07) is 2.87. The van der Waals surface area contributed by atoms with Crippen molar-refractivity contribution in [3.63, 3.8) is 0 Å². The van der Waals surface area contributed by atoms with Gasteiger partial charge in [0.1, 0.15) is 18.3 Å². The van der Waals surface area contributed by atoms with E-state index < -0.39 is 36.3 Å². The Labute approximate surface area is 105 Å². The van der Waals surface area contributed by atoms with Crippen LogP contribution in [0, 0.1) is 5.82 Å². The number of nitrogens with two attached hydrogens (primary N) is 1. The van der Waals surface area contributed by atoms with Crippen LogP contribution >= 0.6 is 0 Å². The van der Waals surface area contributed by atoms with Crippen molar-refractivity contribution in [1.82, 2.24) is 5.32 Å². The average molecular weight is 278 g/mol. The molecule has 3 N–H and O–H groups in total. The topological polar surface area (TPSA) is 72.2 Å². The molecule has 0 aromatic heterocycles. The summed E-state index contributed by atoms with van der Waals surface area (Å²) >= 11 is 0. The Hall–Kier alpha value is -2.12. The lowest BCUT2D eigenvalue weighted by atomic mass is 10.1. The average Bonchev–Trinajstić information content (AvgIpc) is 2.24. The van der Waals surface area contributed by atoms with Gasteiger partial charge in [0.05, 0.1) is 0 Å². The van der Waals surface area contributed by atoms with E-state index in [1.165, 1.54) is 0 Å². The lowest BCUT2D eigenvalue weighted by molar-refractivity contribution is -0.155. The van der Waals surface area contributed by atoms with Crippen molar-refractivity contribution in [1.29, 1.82) is 0 Å². The van der Waals surface area contributed by atoms with Crippen LogP contribution in [0.3, 0.4) is 0 Å². The molecule has 1 atom stereocenters. The lowest BCUT2D eigenvalue weighted by Gasteiger charge is -2.16. The van der Waals surface area contributed by atoms with Gasteiger partial charge in [0.15, 0.2) is 0 Å². The van der Waals surface area contributed by atoms with Crippen LogP contribution < -0.4 is 11.1 Å². The molecule has 0 fully saturated rings. The molecule has 1 rings (SSSR count). The van der Waals surface area contributed by atoms with Crippen molar-refractivity contribution in [2.75, 3.05) is 0 Å². The monoisotopic (exact) mass is 278 g/mol. The fraction of sp³-hybridized carbons (Fsp3) is 0.273. The summed E-state index contributed by atoms with van der Waals surface area (Å²) in [5.41, 5.74) is 5.09. The Kier molecular flexibility index (Phi) is 4.47. The smallest absolute Gasteiger partial charge is 0.368 e. The van der Waals surface area contributed by atoms with Crippen LogP contribution in [-0.2, 0) is 9.59 Å². The second kappa shape index (κ2) is 5.68. The Morgan fingerprint density at radius 1 is 1.21 bits per heavy atom. The number of hydrogen-bond donors (Lipinski definition) is 2. The van der Waals surface area contributed by atoms with E-state index in [9.17, 15) is 27.2 Å². The van der Waals surface area contributed by atoms with Crippen LogP contribution in [0.2, 0.25) is 0 Å². The molecule has 0 unspecified atom stereocenters. The van der Waals surface area contributed by atoms with Crippen LogP contribution in [0.5, 0.6) is 0 Å². The summed E-state index contributed by atoms with van der Waals surface area (Å²) in [6.45, 7) is 0. The molecule has 0 saturated carbocycles. The third kappa shape index (κ3) is 4.94. The molecule has 0 radical (unpaired) electrons. The molecule has 8 heteroatoms. The summed E-state index contributed by atoms with van der Waals surface area (Å²) in [5, 5.41) is 1.85. The summed E-state index contributed by atoms with van der Waals surface area (Å²) in [7, 11) is 0. The molecule has 19 heavy (non-hydrogen) atoms. The summed E-state index contributed by atoms with van der Waals surface area (Å²) < 4.78 is 48.6. The van der Waals surface area contributed by atoms with Crippen molar-refractivity contribution < 1.29 is 27.2 Å². The Morgan fingerprint density at radius 2 is 1.74 bits per heavy atom. The first-order chi connectivity index (χ1) is 8.69. The Morgan fingerprint density at radius 3 is 2.16 bits per heavy atom. The van der Waals surface area contributed by atoms with Crippen molar-refractivity contribution in [3.8, 4) is 0 Å². The maximum absolute atomic E-state index is 12.7. The molecule has 0 aliphatic carbocycles. The van der Waals surface area contributed by atoms with Gasteiger partial charge in [-0.1, -0.05) is 12.1 Å². The zero-order chi connectivity index (χ0) is 14.6. The van der Waals surface area contributed by atoms with E-state index in [1.807, 2.05) is 5.32 Å². The third-order valence-electron chi connectivity index (χ3n) is 2.15. The number of benzene rings is 1. The molecule has 2 amide bonds. The van der Waals surface area contributed by atoms with Crippen LogP contribution in [-0.4, -0.2) is 18.0 Å². The minimum Gasteiger partial charge on any atom is -0.368 e. The van der Waals surface area contributed by atoms with E-state index in [4.69, 9.17) is 5.73 Å². The van der Waals surface area contributed by atoms with Crippen LogP contribution in [0.4, 0.5) is 17.6 Å². The van der Waals surface area contributed by atoms with E-state index in [-0.39, 0.29) is 5.56 Å². The molecular weight excluding hydrogens is 268 g/mol. The van der Waals surface area contributed by atoms with Crippen molar-refractivity contribution in [2.24, 2.45) is 5.73 Å². The minimum absolute atomic E-state index is 0.101. The molecule has 1 aromatic rings. The zero-order valence-corrected chi connectivity index (χ0v) is 9.50. The maximum Gasteiger partial charge on any atom is 0.397 e. The molecular formula is C11H10F4N2O2. The first kappa shape index (κ1) is 14.9. The van der Waals surface area contributed by atoms with E-state index in [0.29, 0.717) is 0 Å². The fourth-order valence-electron chi connectivity index (χ4n) is 1.37. The van der Waals surface area contributed by atoms with Crippen molar-refractivity contribution in [3.05, 3.63) is 35.6 Å². The Bertz CT molecular complexity index is 471. The second-order valence-corrected chi connectivity index (χ2v) is 3.75. The number of hydrogen-bond acceptors (Lipinski definition) is 2. The first-order valence-corrected chi connectivity index (χ1v) is 5.10. The highest BCUT2D eigenvalue weighted by Gasteiger charge is 2.33. The van der Waals surface area contributed by atoms with Crippen molar-refractivity contribution in [2.45, 2.75) is 18.6 Å². The van der Waals surface area contributed by atoms with Gasteiger partial charge in [-0.3, -0.25) is 9.59 Å². The normalized spacial score (nSPS) is 12.8. The predicted molar refractivity (Wildman–Crippen MR) is 57.2 cm³/mol. The van der Waals surface area contributed by atoms with Crippen LogP contribution in [0.25, 0.3) is 0 Å². The second-order valence-electron chi connectivity index (χ2n) is 3.75. The summed E-state index contributed by atoms with van der Waals surface area (Å²) in [4.78, 5) is 22.2. The van der Waals surface area contributed by atoms with Gasteiger partial charge in [-0.05, 0) is 17.7 Å². The van der Waals surface area contributed by atoms with Gasteiger partial charge >= 0.3 is 6.18 Å². The van der Waals surface area contributed by atoms with Gasteiger partial charge in [0, 0.05) is 0 Å². The standard InChI is InChI=1S/C11H10F4N2O2/c12-7-3-1-6(2-4-7)9(10(16)19)17-8(18)5-11(13,14)15/h1-4,9H,5H2,(H2,16,19)(H,17,18)/t9-/m0/s1. The minimum atomic E-state index is -4.69. The SMILES string of the molecule is NC(=O)[C@@H](NC(=O)CC(F)(F)F)c1ccc(F)cc1. The van der Waals surface area contributed by atoms with Gasteiger partial charge < -0.3 is 11.1 Å². The number of amides is 2. The number of carbonyl (C=O) groups is 2. The van der Waals surface area contributed by atoms with E-state index in [1.54, 1.807) is 0 Å². The van der Waals surface area contributed by atoms with Gasteiger partial charge in [0.2, 0.25) is 11.8 Å². The zero-order valence-electron chi connectivity index (χ0n) is 9.50. The number of primary amides is 1. The summed E-state index contributed by atoms with van der Waals surface area (Å²) in [5.74, 6) is -3.02. The number of halogens is 4. The lowest BCUT2D eigenvalue weighted by Crippen LogP contribution is -2.39. The fourth-order valence-corrected chi connectivity index (χ4v) is 1.37. The molecule has 1 aromatic carbocycles. The maximum atomic E-state index is 12.7. The van der Waals surface area contributed by atoms with Crippen LogP contribution in [0.1, 0.15) is 18.0 Å². The highest BCUT2D eigenvalue weighted by atomic mass is 19.4. The highest BCUT2D eigenvalue weighted by Crippen LogP contribution is 2.20. The first-order valence-electron chi connectivity index (χ1n) is 5.10. The predicted octanol–water partition coefficient (Wildman–Crippen LogP) is 1.42. The van der Waals surface area contributed by atoms with E-state index >= 15 is 0 Å². The molecule has 0 bridgehead atoms. The molecule has 4 nitrogen and oxygen atoms in total. The van der Waals surface area contributed by atoms with E-state index in [0.717, 1.165) is 24.3 Å². The molecule has 0 aliphatic heterocycles. The van der Waals surface area contributed by atoms with E-state index in [2.05, 4.69) is 0 Å². The quantitative estimate of drug-likeness (QED) is 0.818. The summed E-state index contributed by atoms with van der Waals surface area (Å²) in [6.07, 6.45) is -6.41. The van der Waals surface area contributed by atoms with Gasteiger partial charge in [-0.15, -0.1) is 0 Å². The van der Waals surface area contributed by atoms with Gasteiger partial charge in [0.25, 0.3) is 0 Å². The Balaban J connectivity index is 2.82. The molecule has 0 heterocycles.